The number of nitrogens with zero attached hydrogens (tertiary/aromatic N) is 2. The van der Waals surface area contributed by atoms with E-state index in [0.717, 1.165) is 26.1 Å². The summed E-state index contributed by atoms with van der Waals surface area (Å²) in [5, 5.41) is 1.22. The lowest BCUT2D eigenvalue weighted by Crippen LogP contribution is -2.27. The second kappa shape index (κ2) is 5.06. The number of likely N-dealkylation sites (N-methyl/N-ethyl adjacent to an activating group) is 1. The first-order valence-corrected chi connectivity index (χ1v) is 7.78. The average molecular weight is 272 g/mol. The van der Waals surface area contributed by atoms with E-state index in [9.17, 15) is 0 Å². The van der Waals surface area contributed by atoms with Gasteiger partial charge in [-0.3, -0.25) is 4.90 Å². The minimum absolute atomic E-state index is 1.07. The van der Waals surface area contributed by atoms with E-state index in [1.807, 2.05) is 11.3 Å². The number of thiazole rings is 1. The molecule has 1 aromatic carbocycles. The molecule has 2 aromatic rings. The second-order valence-corrected chi connectivity index (χ2v) is 6.35. The van der Waals surface area contributed by atoms with E-state index < -0.39 is 0 Å². The van der Waals surface area contributed by atoms with Gasteiger partial charge < -0.3 is 0 Å². The molecule has 3 heteroatoms. The third-order valence-corrected chi connectivity index (χ3v) is 4.92. The van der Waals surface area contributed by atoms with E-state index in [-0.39, 0.29) is 0 Å². The fourth-order valence-electron chi connectivity index (χ4n) is 2.70. The molecule has 100 valence electrons. The van der Waals surface area contributed by atoms with Crippen LogP contribution >= 0.6 is 11.3 Å². The molecule has 0 aliphatic carbocycles. The number of hydrogen-bond acceptors (Lipinski definition) is 3. The first kappa shape index (κ1) is 12.8. The molecular weight excluding hydrogens is 252 g/mol. The highest BCUT2D eigenvalue weighted by atomic mass is 32.1. The molecule has 2 heterocycles. The van der Waals surface area contributed by atoms with E-state index in [4.69, 9.17) is 4.98 Å². The summed E-state index contributed by atoms with van der Waals surface area (Å²) >= 11 is 1.84. The Labute approximate surface area is 118 Å². The van der Waals surface area contributed by atoms with Crippen molar-refractivity contribution in [2.24, 2.45) is 0 Å². The largest absolute Gasteiger partial charge is 0.300 e. The van der Waals surface area contributed by atoms with Crippen LogP contribution in [0.4, 0.5) is 0 Å². The lowest BCUT2D eigenvalue weighted by atomic mass is 10.1. The molecule has 2 nitrogen and oxygen atoms in total. The van der Waals surface area contributed by atoms with Gasteiger partial charge in [0.1, 0.15) is 5.01 Å². The number of fused-ring (bicyclic) bond motifs is 1. The maximum absolute atomic E-state index is 4.86. The SMILES string of the molecule is CCN1CC=C(c2nc3c(C)cc(C)cc3s2)CC1. The van der Waals surface area contributed by atoms with Crippen LogP contribution in [0.25, 0.3) is 15.8 Å². The quantitative estimate of drug-likeness (QED) is 0.821. The van der Waals surface area contributed by atoms with E-state index >= 15 is 0 Å². The van der Waals surface area contributed by atoms with Crippen LogP contribution in [0.2, 0.25) is 0 Å². The zero-order valence-electron chi connectivity index (χ0n) is 11.9. The van der Waals surface area contributed by atoms with E-state index in [1.54, 1.807) is 0 Å². The van der Waals surface area contributed by atoms with Gasteiger partial charge in [0.05, 0.1) is 10.2 Å². The van der Waals surface area contributed by atoms with Crippen LogP contribution in [-0.4, -0.2) is 29.5 Å². The molecule has 0 saturated heterocycles. The summed E-state index contributed by atoms with van der Waals surface area (Å²) in [4.78, 5) is 7.32. The standard InChI is InChI=1S/C16H20N2S/c1-4-18-7-5-13(6-8-18)16-17-15-12(3)9-11(2)10-14(15)19-16/h5,9-10H,4,6-8H2,1-3H3. The fraction of sp³-hybridized carbons (Fsp3) is 0.438. The van der Waals surface area contributed by atoms with Crippen LogP contribution in [0.3, 0.4) is 0 Å². The summed E-state index contributed by atoms with van der Waals surface area (Å²) < 4.78 is 1.33. The first-order chi connectivity index (χ1) is 9.17. The Morgan fingerprint density at radius 1 is 1.32 bits per heavy atom. The Bertz CT molecular complexity index is 639. The minimum Gasteiger partial charge on any atom is -0.300 e. The molecule has 0 bridgehead atoms. The van der Waals surface area contributed by atoms with Gasteiger partial charge in [0.25, 0.3) is 0 Å². The Morgan fingerprint density at radius 2 is 2.16 bits per heavy atom. The molecule has 1 aromatic heterocycles. The van der Waals surface area contributed by atoms with Crippen LogP contribution in [0.5, 0.6) is 0 Å². The predicted molar refractivity (Wildman–Crippen MR) is 83.8 cm³/mol. The monoisotopic (exact) mass is 272 g/mol. The topological polar surface area (TPSA) is 16.1 Å². The number of aryl methyl sites for hydroxylation is 2. The Balaban J connectivity index is 1.98. The normalized spacial score (nSPS) is 16.9. The molecule has 0 unspecified atom stereocenters. The van der Waals surface area contributed by atoms with Crippen molar-refractivity contribution in [1.82, 2.24) is 9.88 Å². The zero-order valence-corrected chi connectivity index (χ0v) is 12.7. The Hall–Kier alpha value is -1.19. The van der Waals surface area contributed by atoms with Crippen molar-refractivity contribution < 1.29 is 0 Å². The highest BCUT2D eigenvalue weighted by Gasteiger charge is 2.15. The van der Waals surface area contributed by atoms with Crippen molar-refractivity contribution in [3.63, 3.8) is 0 Å². The summed E-state index contributed by atoms with van der Waals surface area (Å²) in [6, 6.07) is 4.48. The fourth-order valence-corrected chi connectivity index (χ4v) is 3.91. The Kier molecular flexibility index (Phi) is 3.42. The summed E-state index contributed by atoms with van der Waals surface area (Å²) in [5.74, 6) is 0. The summed E-state index contributed by atoms with van der Waals surface area (Å²) in [5.41, 5.74) is 5.24. The van der Waals surface area contributed by atoms with Crippen molar-refractivity contribution in [2.45, 2.75) is 27.2 Å². The molecule has 0 fully saturated rings. The van der Waals surface area contributed by atoms with Gasteiger partial charge in [-0.15, -0.1) is 11.3 Å². The van der Waals surface area contributed by atoms with Crippen molar-refractivity contribution in [2.75, 3.05) is 19.6 Å². The summed E-state index contributed by atoms with van der Waals surface area (Å²) in [7, 11) is 0. The third kappa shape index (κ3) is 2.45. The van der Waals surface area contributed by atoms with E-state index in [2.05, 4.69) is 43.9 Å². The van der Waals surface area contributed by atoms with Gasteiger partial charge >= 0.3 is 0 Å². The number of benzene rings is 1. The van der Waals surface area contributed by atoms with Crippen molar-refractivity contribution >= 4 is 27.1 Å². The predicted octanol–water partition coefficient (Wildman–Crippen LogP) is 4.02. The molecule has 0 amide bonds. The molecule has 1 aliphatic heterocycles. The average Bonchev–Trinajstić information content (AvgIpc) is 2.83. The number of hydrogen-bond donors (Lipinski definition) is 0. The van der Waals surface area contributed by atoms with Crippen molar-refractivity contribution in [3.05, 3.63) is 34.3 Å². The van der Waals surface area contributed by atoms with Gasteiger partial charge in [-0.05, 0) is 49.6 Å². The summed E-state index contributed by atoms with van der Waals surface area (Å²) in [6.07, 6.45) is 3.48. The van der Waals surface area contributed by atoms with Crippen LogP contribution in [0.1, 0.15) is 29.5 Å². The summed E-state index contributed by atoms with van der Waals surface area (Å²) in [6.45, 7) is 9.92. The smallest absolute Gasteiger partial charge is 0.120 e. The maximum atomic E-state index is 4.86. The zero-order chi connectivity index (χ0) is 13.4. The van der Waals surface area contributed by atoms with Gasteiger partial charge in [-0.2, -0.15) is 0 Å². The maximum Gasteiger partial charge on any atom is 0.120 e. The minimum atomic E-state index is 1.07. The van der Waals surface area contributed by atoms with Gasteiger partial charge in [0, 0.05) is 13.1 Å². The first-order valence-electron chi connectivity index (χ1n) is 6.97. The van der Waals surface area contributed by atoms with Crippen molar-refractivity contribution in [3.8, 4) is 0 Å². The van der Waals surface area contributed by atoms with Gasteiger partial charge in [-0.1, -0.05) is 19.1 Å². The van der Waals surface area contributed by atoms with E-state index in [1.165, 1.54) is 31.9 Å². The van der Waals surface area contributed by atoms with Crippen LogP contribution in [0, 0.1) is 13.8 Å². The van der Waals surface area contributed by atoms with Gasteiger partial charge in [-0.25, -0.2) is 4.98 Å². The molecule has 0 saturated carbocycles. The van der Waals surface area contributed by atoms with Crippen LogP contribution in [0.15, 0.2) is 18.2 Å². The second-order valence-electron chi connectivity index (χ2n) is 5.32. The molecular formula is C16H20N2S. The molecule has 3 rings (SSSR count). The highest BCUT2D eigenvalue weighted by Crippen LogP contribution is 2.32. The third-order valence-electron chi connectivity index (χ3n) is 3.85. The van der Waals surface area contributed by atoms with Gasteiger partial charge in [0.15, 0.2) is 0 Å². The molecule has 19 heavy (non-hydrogen) atoms. The lowest BCUT2D eigenvalue weighted by Gasteiger charge is -2.23. The molecule has 0 N–H and O–H groups in total. The van der Waals surface area contributed by atoms with E-state index in [0.29, 0.717) is 0 Å². The van der Waals surface area contributed by atoms with Crippen LogP contribution < -0.4 is 0 Å². The molecule has 0 spiro atoms. The van der Waals surface area contributed by atoms with Crippen LogP contribution in [-0.2, 0) is 0 Å². The lowest BCUT2D eigenvalue weighted by molar-refractivity contribution is 0.318. The molecule has 0 radical (unpaired) electrons. The Morgan fingerprint density at radius 3 is 2.84 bits per heavy atom. The number of aromatic nitrogens is 1. The van der Waals surface area contributed by atoms with Crippen molar-refractivity contribution in [1.29, 1.82) is 0 Å². The molecule has 1 aliphatic rings. The highest BCUT2D eigenvalue weighted by molar-refractivity contribution is 7.19. The van der Waals surface area contributed by atoms with Gasteiger partial charge in [0.2, 0.25) is 0 Å². The number of rotatable bonds is 2. The molecule has 0 atom stereocenters.